The number of halogens is 3. The van der Waals surface area contributed by atoms with E-state index >= 15 is 0 Å². The lowest BCUT2D eigenvalue weighted by Crippen LogP contribution is -2.57. The number of hydrogen-bond acceptors (Lipinski definition) is 13. The van der Waals surface area contributed by atoms with E-state index in [1.165, 1.54) is 32.2 Å². The van der Waals surface area contributed by atoms with Crippen molar-refractivity contribution in [2.45, 2.75) is 82.0 Å². The number of carbonyl (C=O) groups is 5. The second-order valence-corrected chi connectivity index (χ2v) is 13.0. The monoisotopic (exact) mass is 711 g/mol. The number of ether oxygens (including phenoxy) is 3. The fraction of sp³-hybridized carbons (Fsp3) is 0.469. The summed E-state index contributed by atoms with van der Waals surface area (Å²) in [4.78, 5) is 64.6. The van der Waals surface area contributed by atoms with Crippen LogP contribution >= 0.6 is 11.8 Å². The Balaban J connectivity index is 1.61. The number of aromatic hydroxyl groups is 2. The lowest BCUT2D eigenvalue weighted by atomic mass is 9.72. The Morgan fingerprint density at radius 3 is 2.41 bits per heavy atom. The summed E-state index contributed by atoms with van der Waals surface area (Å²) in [5.41, 5.74) is -4.60. The molecule has 1 fully saturated rings. The number of rotatable bonds is 8. The highest BCUT2D eigenvalue weighted by Crippen LogP contribution is 2.52. The Hall–Kier alpha value is -4.03. The summed E-state index contributed by atoms with van der Waals surface area (Å²) in [5, 5.41) is 46.7. The smallest absolute Gasteiger partial charge is 0.471 e. The van der Waals surface area contributed by atoms with E-state index in [4.69, 9.17) is 14.2 Å². The van der Waals surface area contributed by atoms with Crippen molar-refractivity contribution in [1.82, 2.24) is 5.32 Å². The molecule has 1 saturated heterocycles. The van der Waals surface area contributed by atoms with Crippen molar-refractivity contribution >= 4 is 40.1 Å². The number of alkyl halides is 3. The number of fused-ring (bicyclic) bond motifs is 3. The number of hydrogen-bond donors (Lipinski definition) is 5. The molecule has 1 amide bonds. The van der Waals surface area contributed by atoms with Crippen molar-refractivity contribution in [3.63, 3.8) is 0 Å². The van der Waals surface area contributed by atoms with Crippen molar-refractivity contribution in [2.75, 3.05) is 12.9 Å². The topological polar surface area (TPSA) is 206 Å². The summed E-state index contributed by atoms with van der Waals surface area (Å²) in [5.74, 6) is -7.15. The van der Waals surface area contributed by atoms with Crippen molar-refractivity contribution in [3.8, 4) is 17.2 Å². The van der Waals surface area contributed by atoms with E-state index in [0.29, 0.717) is 11.8 Å². The van der Waals surface area contributed by atoms with Crippen LogP contribution in [-0.4, -0.2) is 98.0 Å². The molecule has 0 bridgehead atoms. The van der Waals surface area contributed by atoms with Gasteiger partial charge >= 0.3 is 12.1 Å². The maximum absolute atomic E-state index is 13.8. The van der Waals surface area contributed by atoms with E-state index in [0.717, 1.165) is 0 Å². The summed E-state index contributed by atoms with van der Waals surface area (Å²) in [7, 11) is 1.26. The molecular weight excluding hydrogens is 679 g/mol. The number of aliphatic hydroxyl groups is 2. The second-order valence-electron chi connectivity index (χ2n) is 11.9. The number of phenolic OH excluding ortho intramolecular Hbond substituents is 2. The van der Waals surface area contributed by atoms with Crippen molar-refractivity contribution in [3.05, 3.63) is 51.6 Å². The molecule has 17 heteroatoms. The Morgan fingerprint density at radius 2 is 1.78 bits per heavy atom. The van der Waals surface area contributed by atoms with Crippen LogP contribution in [-0.2, 0) is 30.3 Å². The zero-order valence-corrected chi connectivity index (χ0v) is 27.1. The quantitative estimate of drug-likeness (QED) is 0.213. The highest BCUT2D eigenvalue weighted by molar-refractivity contribution is 8.14. The molecule has 0 radical (unpaired) electrons. The molecule has 5 N–H and O–H groups in total. The molecule has 3 aliphatic rings. The summed E-state index contributed by atoms with van der Waals surface area (Å²) in [6, 6.07) is 2.62. The second kappa shape index (κ2) is 13.4. The molecule has 0 spiro atoms. The Labute approximate surface area is 280 Å². The Bertz CT molecular complexity index is 1750. The maximum Gasteiger partial charge on any atom is 0.471 e. The number of amides is 1. The van der Waals surface area contributed by atoms with Crippen LogP contribution in [0.25, 0.3) is 0 Å². The van der Waals surface area contributed by atoms with Crippen LogP contribution in [0.5, 0.6) is 17.2 Å². The normalized spacial score (nSPS) is 26.3. The molecule has 49 heavy (non-hydrogen) atoms. The number of Topliss-reactive ketones (excluding diaryl/α,β-unsaturated/α-hetero) is 1. The van der Waals surface area contributed by atoms with Crippen LogP contribution in [0.2, 0.25) is 0 Å². The van der Waals surface area contributed by atoms with Gasteiger partial charge in [0.15, 0.2) is 23.0 Å². The standard InChI is InChI=1S/C32H32F3NO12S/c1-4-19(38)49-11-18(37)31(45)9-14-22(17(10-31)48-20-8-15(25(39)12(2)47-20)36-30(44)32(33,34)35)29(43)24-23(27(14)41)26(40)13-6-5-7-16(46-3)21(13)28(24)42/h5-7,12,15,17,20,25,39,41,43,45H,4,8-11H2,1-3H3,(H,36,44)/t12?,15?,17-,20?,25?,31-/m0/s1. The highest BCUT2D eigenvalue weighted by Gasteiger charge is 2.51. The third kappa shape index (κ3) is 6.52. The van der Waals surface area contributed by atoms with E-state index in [2.05, 4.69) is 0 Å². The number of thioether (sulfide) groups is 1. The molecule has 1 heterocycles. The first-order valence-electron chi connectivity index (χ1n) is 15.1. The number of nitrogens with one attached hydrogen (secondary N) is 1. The van der Waals surface area contributed by atoms with Crippen LogP contribution in [0, 0.1) is 0 Å². The van der Waals surface area contributed by atoms with Crippen LogP contribution in [0.4, 0.5) is 13.2 Å². The van der Waals surface area contributed by atoms with Gasteiger partial charge in [-0.15, -0.1) is 0 Å². The average molecular weight is 712 g/mol. The summed E-state index contributed by atoms with van der Waals surface area (Å²) < 4.78 is 56.0. The van der Waals surface area contributed by atoms with Gasteiger partial charge in [0.1, 0.15) is 29.0 Å². The minimum atomic E-state index is -5.28. The molecule has 13 nitrogen and oxygen atoms in total. The van der Waals surface area contributed by atoms with E-state index in [-0.39, 0.29) is 39.5 Å². The lowest BCUT2D eigenvalue weighted by molar-refractivity contribution is -0.250. The number of phenols is 2. The predicted molar refractivity (Wildman–Crippen MR) is 162 cm³/mol. The lowest BCUT2D eigenvalue weighted by Gasteiger charge is -2.43. The number of ketones is 3. The van der Waals surface area contributed by atoms with Crippen molar-refractivity contribution in [1.29, 1.82) is 0 Å². The van der Waals surface area contributed by atoms with Crippen LogP contribution in [0.3, 0.4) is 0 Å². The van der Waals surface area contributed by atoms with Gasteiger partial charge in [-0.25, -0.2) is 0 Å². The van der Waals surface area contributed by atoms with Crippen molar-refractivity contribution in [2.24, 2.45) is 0 Å². The maximum atomic E-state index is 13.8. The minimum Gasteiger partial charge on any atom is -0.507 e. The number of aliphatic hydroxyl groups excluding tert-OH is 1. The van der Waals surface area contributed by atoms with Gasteiger partial charge in [0.25, 0.3) is 0 Å². The van der Waals surface area contributed by atoms with Gasteiger partial charge in [0.2, 0.25) is 5.78 Å². The molecule has 4 unspecified atom stereocenters. The highest BCUT2D eigenvalue weighted by atomic mass is 32.2. The summed E-state index contributed by atoms with van der Waals surface area (Å²) in [6.45, 7) is 2.86. The first kappa shape index (κ1) is 36.3. The molecule has 0 aromatic heterocycles. The van der Waals surface area contributed by atoms with Gasteiger partial charge in [-0.05, 0) is 13.0 Å². The SMILES string of the molecule is CCC(=O)SCC(=O)[C@]1(O)Cc2c(O)c3c(c(O)c2[C@@H](OC2CC(NC(=O)C(F)(F)F)C(O)C(C)O2)C1)C(=O)c1c(OC)cccc1C3=O. The molecule has 0 saturated carbocycles. The van der Waals surface area contributed by atoms with Crippen LogP contribution < -0.4 is 10.1 Å². The largest absolute Gasteiger partial charge is 0.507 e. The number of benzene rings is 2. The first-order valence-corrected chi connectivity index (χ1v) is 16.1. The van der Waals surface area contributed by atoms with E-state index in [1.54, 1.807) is 12.2 Å². The van der Waals surface area contributed by atoms with Crippen LogP contribution in [0.15, 0.2) is 18.2 Å². The van der Waals surface area contributed by atoms with Gasteiger partial charge in [-0.2, -0.15) is 13.2 Å². The third-order valence-corrected chi connectivity index (χ3v) is 9.86. The average Bonchev–Trinajstić information content (AvgIpc) is 3.04. The van der Waals surface area contributed by atoms with Gasteiger partial charge in [0, 0.05) is 42.4 Å². The van der Waals surface area contributed by atoms with Crippen LogP contribution in [0.1, 0.15) is 82.2 Å². The molecule has 5 rings (SSSR count). The molecule has 2 aromatic carbocycles. The van der Waals surface area contributed by atoms with Gasteiger partial charge < -0.3 is 40.0 Å². The molecule has 1 aliphatic heterocycles. The third-order valence-electron chi connectivity index (χ3n) is 8.84. The molecule has 2 aliphatic carbocycles. The van der Waals surface area contributed by atoms with Crippen molar-refractivity contribution < 1.29 is 71.8 Å². The fourth-order valence-corrected chi connectivity index (χ4v) is 7.11. The van der Waals surface area contributed by atoms with Gasteiger partial charge in [-0.3, -0.25) is 24.0 Å². The molecular formula is C32H32F3NO12S. The zero-order chi connectivity index (χ0) is 36.2. The molecule has 2 aromatic rings. The first-order chi connectivity index (χ1) is 22.9. The minimum absolute atomic E-state index is 0.0000976. The Morgan fingerprint density at radius 1 is 1.10 bits per heavy atom. The van der Waals surface area contributed by atoms with E-state index in [9.17, 15) is 57.6 Å². The predicted octanol–water partition coefficient (Wildman–Crippen LogP) is 2.40. The molecule has 264 valence electrons. The van der Waals surface area contributed by atoms with Gasteiger partial charge in [-0.1, -0.05) is 30.8 Å². The number of carbonyl (C=O) groups excluding carboxylic acids is 5. The summed E-state index contributed by atoms with van der Waals surface area (Å²) in [6.07, 6.45) is -13.1. The zero-order valence-electron chi connectivity index (χ0n) is 26.3. The summed E-state index contributed by atoms with van der Waals surface area (Å²) >= 11 is 0.634. The van der Waals surface area contributed by atoms with E-state index in [1.807, 2.05) is 0 Å². The molecule has 6 atom stereocenters. The van der Waals surface area contributed by atoms with E-state index < -0.39 is 113 Å². The fourth-order valence-electron chi connectivity index (χ4n) is 6.34. The Kier molecular flexibility index (Phi) is 9.88. The van der Waals surface area contributed by atoms with Gasteiger partial charge in [0.05, 0.1) is 47.8 Å². The number of methoxy groups -OCH3 is 1.